The number of rotatable bonds is 2. The first-order valence-electron chi connectivity index (χ1n) is 4.98. The summed E-state index contributed by atoms with van der Waals surface area (Å²) in [5.41, 5.74) is 1.42. The van der Waals surface area contributed by atoms with E-state index in [1.807, 2.05) is 19.0 Å². The molecule has 0 amide bonds. The molecule has 0 saturated heterocycles. The normalized spacial score (nSPS) is 16.9. The molecule has 0 bridgehead atoms. The Hall–Kier alpha value is -1.56. The van der Waals surface area contributed by atoms with Gasteiger partial charge in [-0.2, -0.15) is 5.26 Å². The van der Waals surface area contributed by atoms with Gasteiger partial charge in [0.2, 0.25) is 0 Å². The molecule has 3 heteroatoms. The molecular formula is C12H13FN2. The van der Waals surface area contributed by atoms with Crippen LogP contribution in [0.25, 0.3) is 0 Å². The van der Waals surface area contributed by atoms with Gasteiger partial charge in [0.25, 0.3) is 0 Å². The topological polar surface area (TPSA) is 27.0 Å². The average Bonchev–Trinajstić information content (AvgIpc) is 2.98. The number of nitriles is 1. The fraction of sp³-hybridized carbons (Fsp3) is 0.417. The van der Waals surface area contributed by atoms with Crippen molar-refractivity contribution in [3.8, 4) is 6.07 Å². The quantitative estimate of drug-likeness (QED) is 0.739. The van der Waals surface area contributed by atoms with E-state index in [1.165, 1.54) is 12.1 Å². The molecule has 0 N–H and O–H groups in total. The molecule has 1 saturated carbocycles. The van der Waals surface area contributed by atoms with Crippen molar-refractivity contribution >= 4 is 5.69 Å². The van der Waals surface area contributed by atoms with Crippen LogP contribution in [0.3, 0.4) is 0 Å². The van der Waals surface area contributed by atoms with Crippen LogP contribution in [-0.4, -0.2) is 14.1 Å². The van der Waals surface area contributed by atoms with Crippen molar-refractivity contribution in [2.75, 3.05) is 19.0 Å². The van der Waals surface area contributed by atoms with Gasteiger partial charge in [0.05, 0.1) is 11.5 Å². The number of benzene rings is 1. The maximum Gasteiger partial charge on any atom is 0.125 e. The summed E-state index contributed by atoms with van der Waals surface area (Å²) >= 11 is 0. The van der Waals surface area contributed by atoms with Gasteiger partial charge < -0.3 is 4.90 Å². The Bertz CT molecular complexity index is 428. The molecule has 0 unspecified atom stereocenters. The van der Waals surface area contributed by atoms with Gasteiger partial charge in [-0.3, -0.25) is 0 Å². The molecular weight excluding hydrogens is 191 g/mol. The minimum absolute atomic E-state index is 0.254. The fourth-order valence-corrected chi connectivity index (χ4v) is 1.85. The molecule has 1 aliphatic rings. The zero-order chi connectivity index (χ0) is 11.1. The predicted octanol–water partition coefficient (Wildman–Crippen LogP) is 2.45. The first-order chi connectivity index (χ1) is 7.09. The molecule has 2 rings (SSSR count). The van der Waals surface area contributed by atoms with E-state index in [2.05, 4.69) is 6.07 Å². The van der Waals surface area contributed by atoms with Gasteiger partial charge in [-0.25, -0.2) is 4.39 Å². The summed E-state index contributed by atoms with van der Waals surface area (Å²) in [6, 6.07) is 6.99. The van der Waals surface area contributed by atoms with E-state index >= 15 is 0 Å². The van der Waals surface area contributed by atoms with Crippen molar-refractivity contribution < 1.29 is 4.39 Å². The van der Waals surface area contributed by atoms with Gasteiger partial charge in [0.1, 0.15) is 5.82 Å². The molecule has 0 heterocycles. The van der Waals surface area contributed by atoms with Gasteiger partial charge in [-0.05, 0) is 30.5 Å². The van der Waals surface area contributed by atoms with Crippen molar-refractivity contribution in [2.45, 2.75) is 18.3 Å². The second-order valence-electron chi connectivity index (χ2n) is 4.25. The van der Waals surface area contributed by atoms with Crippen LogP contribution in [0.5, 0.6) is 0 Å². The predicted molar refractivity (Wildman–Crippen MR) is 57.3 cm³/mol. The Balaban J connectivity index is 2.53. The molecule has 0 atom stereocenters. The third-order valence-corrected chi connectivity index (χ3v) is 2.92. The van der Waals surface area contributed by atoms with Gasteiger partial charge in [-0.15, -0.1) is 0 Å². The van der Waals surface area contributed by atoms with Crippen LogP contribution in [0.15, 0.2) is 18.2 Å². The minimum atomic E-state index is -0.354. The Kier molecular flexibility index (Phi) is 2.15. The number of nitrogens with zero attached hydrogens (tertiary/aromatic N) is 2. The third kappa shape index (κ3) is 1.56. The summed E-state index contributed by atoms with van der Waals surface area (Å²) in [4.78, 5) is 1.86. The molecule has 15 heavy (non-hydrogen) atoms. The van der Waals surface area contributed by atoms with Crippen LogP contribution in [-0.2, 0) is 5.41 Å². The summed E-state index contributed by atoms with van der Waals surface area (Å²) in [5, 5.41) is 9.12. The third-order valence-electron chi connectivity index (χ3n) is 2.92. The van der Waals surface area contributed by atoms with E-state index in [9.17, 15) is 4.39 Å². The van der Waals surface area contributed by atoms with Crippen molar-refractivity contribution in [3.63, 3.8) is 0 Å². The van der Waals surface area contributed by atoms with E-state index in [0.717, 1.165) is 24.1 Å². The minimum Gasteiger partial charge on any atom is -0.377 e. The Morgan fingerprint density at radius 1 is 1.40 bits per heavy atom. The summed E-state index contributed by atoms with van der Waals surface area (Å²) in [6.45, 7) is 0. The van der Waals surface area contributed by atoms with E-state index in [1.54, 1.807) is 6.07 Å². The average molecular weight is 204 g/mol. The lowest BCUT2D eigenvalue weighted by molar-refractivity contribution is 0.626. The highest BCUT2D eigenvalue weighted by molar-refractivity contribution is 5.60. The highest BCUT2D eigenvalue weighted by Gasteiger charge is 2.46. The maximum absolute atomic E-state index is 13.1. The Labute approximate surface area is 88.9 Å². The second-order valence-corrected chi connectivity index (χ2v) is 4.25. The van der Waals surface area contributed by atoms with Crippen LogP contribution in [0.2, 0.25) is 0 Å². The van der Waals surface area contributed by atoms with Crippen LogP contribution >= 0.6 is 0 Å². The lowest BCUT2D eigenvalue weighted by Gasteiger charge is -2.19. The van der Waals surface area contributed by atoms with Gasteiger partial charge in [0, 0.05) is 19.8 Å². The van der Waals surface area contributed by atoms with E-state index in [4.69, 9.17) is 5.26 Å². The summed E-state index contributed by atoms with van der Waals surface area (Å²) in [6.07, 6.45) is 1.77. The van der Waals surface area contributed by atoms with Gasteiger partial charge >= 0.3 is 0 Å². The standard InChI is InChI=1S/C12H13FN2/c1-15(2)11-7-9(13)3-4-10(11)12(8-14)5-6-12/h3-4,7H,5-6H2,1-2H3. The maximum atomic E-state index is 13.1. The van der Waals surface area contributed by atoms with Crippen molar-refractivity contribution in [2.24, 2.45) is 0 Å². The number of hydrogen-bond donors (Lipinski definition) is 0. The first kappa shape index (κ1) is 9.97. The van der Waals surface area contributed by atoms with Crippen LogP contribution < -0.4 is 4.90 Å². The zero-order valence-corrected chi connectivity index (χ0v) is 8.92. The summed E-state index contributed by atoms with van der Waals surface area (Å²) in [7, 11) is 3.73. The van der Waals surface area contributed by atoms with E-state index in [-0.39, 0.29) is 11.2 Å². The molecule has 1 aromatic carbocycles. The number of anilines is 1. The highest BCUT2D eigenvalue weighted by atomic mass is 19.1. The molecule has 1 aliphatic carbocycles. The molecule has 0 spiro atoms. The molecule has 0 aromatic heterocycles. The Morgan fingerprint density at radius 3 is 2.53 bits per heavy atom. The van der Waals surface area contributed by atoms with Crippen molar-refractivity contribution in [1.82, 2.24) is 0 Å². The van der Waals surface area contributed by atoms with Crippen molar-refractivity contribution in [1.29, 1.82) is 5.26 Å². The fourth-order valence-electron chi connectivity index (χ4n) is 1.85. The SMILES string of the molecule is CN(C)c1cc(F)ccc1C1(C#N)CC1. The highest BCUT2D eigenvalue weighted by Crippen LogP contribution is 2.50. The monoisotopic (exact) mass is 204 g/mol. The number of hydrogen-bond acceptors (Lipinski definition) is 2. The van der Waals surface area contributed by atoms with Crippen molar-refractivity contribution in [3.05, 3.63) is 29.6 Å². The second kappa shape index (κ2) is 3.23. The smallest absolute Gasteiger partial charge is 0.125 e. The lowest BCUT2D eigenvalue weighted by atomic mass is 9.95. The first-order valence-corrected chi connectivity index (χ1v) is 4.98. The van der Waals surface area contributed by atoms with Gasteiger partial charge in [0.15, 0.2) is 0 Å². The molecule has 0 aliphatic heterocycles. The molecule has 0 radical (unpaired) electrons. The summed E-state index contributed by atoms with van der Waals surface area (Å²) < 4.78 is 13.1. The lowest BCUT2D eigenvalue weighted by Crippen LogP contribution is -2.15. The van der Waals surface area contributed by atoms with E-state index in [0.29, 0.717) is 0 Å². The van der Waals surface area contributed by atoms with Crippen LogP contribution in [0, 0.1) is 17.1 Å². The Morgan fingerprint density at radius 2 is 2.07 bits per heavy atom. The largest absolute Gasteiger partial charge is 0.377 e. The molecule has 2 nitrogen and oxygen atoms in total. The molecule has 1 aromatic rings. The summed E-state index contributed by atoms with van der Waals surface area (Å²) in [5.74, 6) is -0.254. The van der Waals surface area contributed by atoms with E-state index < -0.39 is 0 Å². The van der Waals surface area contributed by atoms with Crippen LogP contribution in [0.4, 0.5) is 10.1 Å². The number of halogens is 1. The van der Waals surface area contributed by atoms with Gasteiger partial charge in [-0.1, -0.05) is 6.07 Å². The molecule has 78 valence electrons. The molecule has 1 fully saturated rings. The zero-order valence-electron chi connectivity index (χ0n) is 8.92. The van der Waals surface area contributed by atoms with Crippen LogP contribution in [0.1, 0.15) is 18.4 Å².